The van der Waals surface area contributed by atoms with Crippen LogP contribution in [0.2, 0.25) is 0 Å². The summed E-state index contributed by atoms with van der Waals surface area (Å²) >= 11 is 0. The van der Waals surface area contributed by atoms with Gasteiger partial charge in [0.1, 0.15) is 0 Å². The smallest absolute Gasteiger partial charge is 0.270 e. The number of benzene rings is 2. The van der Waals surface area contributed by atoms with Gasteiger partial charge in [-0.3, -0.25) is 19.8 Å². The summed E-state index contributed by atoms with van der Waals surface area (Å²) in [5.74, 6) is -0.355. The monoisotopic (exact) mass is 396 g/mol. The molecular formula is C22H28N4O3. The summed E-state index contributed by atoms with van der Waals surface area (Å²) < 4.78 is 0. The van der Waals surface area contributed by atoms with E-state index in [9.17, 15) is 14.9 Å². The van der Waals surface area contributed by atoms with Crippen LogP contribution in [0.1, 0.15) is 47.7 Å². The van der Waals surface area contributed by atoms with Gasteiger partial charge in [0, 0.05) is 44.0 Å². The Morgan fingerprint density at radius 2 is 1.97 bits per heavy atom. The van der Waals surface area contributed by atoms with Crippen LogP contribution in [0.15, 0.2) is 42.5 Å². The highest BCUT2D eigenvalue weighted by atomic mass is 16.6. The van der Waals surface area contributed by atoms with Crippen LogP contribution >= 0.6 is 0 Å². The van der Waals surface area contributed by atoms with Gasteiger partial charge in [0.25, 0.3) is 11.6 Å². The van der Waals surface area contributed by atoms with E-state index in [-0.39, 0.29) is 17.2 Å². The molecule has 29 heavy (non-hydrogen) atoms. The van der Waals surface area contributed by atoms with Gasteiger partial charge in [-0.2, -0.15) is 0 Å². The minimum absolute atomic E-state index is 0.103. The molecule has 0 bridgehead atoms. The van der Waals surface area contributed by atoms with E-state index in [2.05, 4.69) is 40.7 Å². The van der Waals surface area contributed by atoms with Crippen molar-refractivity contribution in [2.24, 2.45) is 0 Å². The topological polar surface area (TPSA) is 87.5 Å². The summed E-state index contributed by atoms with van der Waals surface area (Å²) in [6.45, 7) is 4.85. The van der Waals surface area contributed by atoms with Gasteiger partial charge >= 0.3 is 0 Å². The van der Waals surface area contributed by atoms with Crippen molar-refractivity contribution in [2.75, 3.05) is 18.9 Å². The fraction of sp³-hybridized carbons (Fsp3) is 0.409. The van der Waals surface area contributed by atoms with E-state index in [1.165, 1.54) is 44.0 Å². The normalized spacial score (nSPS) is 17.0. The number of non-ortho nitro benzene ring substituents is 1. The number of carbonyl (C=O) groups is 1. The Morgan fingerprint density at radius 3 is 2.66 bits per heavy atom. The van der Waals surface area contributed by atoms with Crippen molar-refractivity contribution in [2.45, 2.75) is 45.3 Å². The second-order valence-electron chi connectivity index (χ2n) is 7.50. The van der Waals surface area contributed by atoms with Crippen molar-refractivity contribution in [1.82, 2.24) is 10.2 Å². The molecule has 0 radical (unpaired) electrons. The van der Waals surface area contributed by atoms with Crippen LogP contribution in [0, 0.1) is 10.1 Å². The summed E-state index contributed by atoms with van der Waals surface area (Å²) in [5, 5.41) is 16.9. The van der Waals surface area contributed by atoms with Crippen LogP contribution in [0.25, 0.3) is 0 Å². The van der Waals surface area contributed by atoms with Crippen molar-refractivity contribution in [3.05, 3.63) is 69.3 Å². The zero-order chi connectivity index (χ0) is 20.8. The number of anilines is 1. The van der Waals surface area contributed by atoms with Gasteiger partial charge in [0.2, 0.25) is 0 Å². The highest BCUT2D eigenvalue weighted by Gasteiger charge is 2.20. The Morgan fingerprint density at radius 1 is 1.21 bits per heavy atom. The van der Waals surface area contributed by atoms with E-state index in [4.69, 9.17) is 0 Å². The number of nitro groups is 1. The van der Waals surface area contributed by atoms with E-state index in [1.807, 2.05) is 6.07 Å². The first kappa shape index (κ1) is 20.8. The average molecular weight is 396 g/mol. The number of hydrogen-bond acceptors (Lipinski definition) is 5. The molecular weight excluding hydrogens is 368 g/mol. The molecule has 1 heterocycles. The van der Waals surface area contributed by atoms with E-state index in [0.717, 1.165) is 18.7 Å². The first-order valence-electron chi connectivity index (χ1n) is 10.0. The minimum Gasteiger partial charge on any atom is -0.380 e. The highest BCUT2D eigenvalue weighted by Crippen LogP contribution is 2.24. The summed E-state index contributed by atoms with van der Waals surface area (Å²) in [7, 11) is 1.51. The third kappa shape index (κ3) is 5.12. The number of nitrogens with zero attached hydrogens (tertiary/aromatic N) is 2. The lowest BCUT2D eigenvalue weighted by molar-refractivity contribution is -0.384. The van der Waals surface area contributed by atoms with Crippen LogP contribution in [0.5, 0.6) is 0 Å². The fourth-order valence-electron chi connectivity index (χ4n) is 3.81. The second-order valence-corrected chi connectivity index (χ2v) is 7.50. The standard InChI is InChI=1S/C22H28N4O3/c1-16-7-5-6-12-25(16)15-18-9-4-3-8-17(18)14-24-21-11-10-19(26(28)29)13-20(21)22(27)23-2/h3-4,8-11,13,16,24H,5-7,12,14-15H2,1-2H3,(H,23,27). The van der Waals surface area contributed by atoms with E-state index >= 15 is 0 Å². The first-order chi connectivity index (χ1) is 14.0. The van der Waals surface area contributed by atoms with Crippen LogP contribution < -0.4 is 10.6 Å². The Labute approximate surface area is 171 Å². The maximum Gasteiger partial charge on any atom is 0.270 e. The van der Waals surface area contributed by atoms with Crippen molar-refractivity contribution >= 4 is 17.3 Å². The molecule has 0 aliphatic carbocycles. The van der Waals surface area contributed by atoms with Crippen molar-refractivity contribution in [3.63, 3.8) is 0 Å². The first-order valence-corrected chi connectivity index (χ1v) is 10.0. The van der Waals surface area contributed by atoms with Gasteiger partial charge in [-0.05, 0) is 43.5 Å². The van der Waals surface area contributed by atoms with E-state index < -0.39 is 4.92 Å². The highest BCUT2D eigenvalue weighted by molar-refractivity contribution is 6.00. The van der Waals surface area contributed by atoms with Gasteiger partial charge < -0.3 is 10.6 Å². The third-order valence-electron chi connectivity index (χ3n) is 5.59. The zero-order valence-corrected chi connectivity index (χ0v) is 17.0. The Balaban J connectivity index is 1.78. The Hall–Kier alpha value is -2.93. The fourth-order valence-corrected chi connectivity index (χ4v) is 3.81. The lowest BCUT2D eigenvalue weighted by Crippen LogP contribution is -2.37. The van der Waals surface area contributed by atoms with Gasteiger partial charge in [-0.25, -0.2) is 0 Å². The van der Waals surface area contributed by atoms with Gasteiger partial charge in [0.05, 0.1) is 10.5 Å². The largest absolute Gasteiger partial charge is 0.380 e. The molecule has 0 spiro atoms. The van der Waals surface area contributed by atoms with Crippen molar-refractivity contribution in [1.29, 1.82) is 0 Å². The number of nitro benzene ring substituents is 1. The third-order valence-corrected chi connectivity index (χ3v) is 5.59. The molecule has 7 heteroatoms. The maximum atomic E-state index is 12.2. The molecule has 1 amide bonds. The number of likely N-dealkylation sites (tertiary alicyclic amines) is 1. The summed E-state index contributed by atoms with van der Waals surface area (Å²) in [5.41, 5.74) is 3.16. The van der Waals surface area contributed by atoms with Gasteiger partial charge in [0.15, 0.2) is 0 Å². The molecule has 1 aliphatic rings. The van der Waals surface area contributed by atoms with Crippen LogP contribution in [-0.2, 0) is 13.1 Å². The predicted octanol–water partition coefficient (Wildman–Crippen LogP) is 3.94. The molecule has 0 saturated carbocycles. The van der Waals surface area contributed by atoms with Crippen molar-refractivity contribution < 1.29 is 9.72 Å². The molecule has 1 unspecified atom stereocenters. The lowest BCUT2D eigenvalue weighted by atomic mass is 10.0. The molecule has 1 saturated heterocycles. The number of piperidine rings is 1. The molecule has 0 aromatic heterocycles. The summed E-state index contributed by atoms with van der Waals surface area (Å²) in [6.07, 6.45) is 3.77. The summed E-state index contributed by atoms with van der Waals surface area (Å²) in [6, 6.07) is 13.2. The second kappa shape index (κ2) is 9.52. The molecule has 154 valence electrons. The molecule has 2 aromatic rings. The quantitative estimate of drug-likeness (QED) is 0.547. The van der Waals surface area contributed by atoms with E-state index in [0.29, 0.717) is 18.3 Å². The minimum atomic E-state index is -0.495. The zero-order valence-electron chi connectivity index (χ0n) is 17.0. The number of carbonyl (C=O) groups excluding carboxylic acids is 1. The number of rotatable bonds is 7. The molecule has 1 aliphatic heterocycles. The molecule has 7 nitrogen and oxygen atoms in total. The average Bonchev–Trinajstić information content (AvgIpc) is 2.74. The predicted molar refractivity (Wildman–Crippen MR) is 114 cm³/mol. The molecule has 2 N–H and O–H groups in total. The molecule has 3 rings (SSSR count). The van der Waals surface area contributed by atoms with E-state index in [1.54, 1.807) is 6.07 Å². The SMILES string of the molecule is CNC(=O)c1cc([N+](=O)[O-])ccc1NCc1ccccc1CN1CCCCC1C. The molecule has 2 aromatic carbocycles. The number of hydrogen-bond donors (Lipinski definition) is 2. The molecule has 1 fully saturated rings. The summed E-state index contributed by atoms with van der Waals surface area (Å²) in [4.78, 5) is 25.3. The number of amides is 1. The Bertz CT molecular complexity index is 884. The number of nitrogens with one attached hydrogen (secondary N) is 2. The van der Waals surface area contributed by atoms with Crippen LogP contribution in [0.4, 0.5) is 11.4 Å². The maximum absolute atomic E-state index is 12.2. The lowest BCUT2D eigenvalue weighted by Gasteiger charge is -2.33. The van der Waals surface area contributed by atoms with Gasteiger partial charge in [-0.15, -0.1) is 0 Å². The van der Waals surface area contributed by atoms with Crippen LogP contribution in [0.3, 0.4) is 0 Å². The van der Waals surface area contributed by atoms with Crippen LogP contribution in [-0.4, -0.2) is 35.4 Å². The Kier molecular flexibility index (Phi) is 6.82. The van der Waals surface area contributed by atoms with Gasteiger partial charge in [-0.1, -0.05) is 30.7 Å². The van der Waals surface area contributed by atoms with Crippen molar-refractivity contribution in [3.8, 4) is 0 Å². The molecule has 1 atom stereocenters.